The van der Waals surface area contributed by atoms with Gasteiger partial charge in [-0.2, -0.15) is 0 Å². The topological polar surface area (TPSA) is 76.0 Å². The number of hydrogen-bond donors (Lipinski definition) is 3. The Balaban J connectivity index is 1.54. The molecule has 3 N–H and O–H groups in total. The van der Waals surface area contributed by atoms with Crippen molar-refractivity contribution in [1.82, 2.24) is 0 Å². The molecule has 6 nitrogen and oxygen atoms in total. The Morgan fingerprint density at radius 3 is 2.00 bits per heavy atom. The van der Waals surface area contributed by atoms with E-state index in [2.05, 4.69) is 21.2 Å². The van der Waals surface area contributed by atoms with E-state index in [-0.39, 0.29) is 5.75 Å². The van der Waals surface area contributed by atoms with Crippen LogP contribution in [0.2, 0.25) is 0 Å². The quantitative estimate of drug-likeness (QED) is 0.614. The number of carboxylic acid groups (broad SMARTS) is 1. The molecule has 29 heavy (non-hydrogen) atoms. The summed E-state index contributed by atoms with van der Waals surface area (Å²) in [6.07, 6.45) is -1.07. The third-order valence-electron chi connectivity index (χ3n) is 5.19. The van der Waals surface area contributed by atoms with Gasteiger partial charge >= 0.3 is 6.09 Å². The van der Waals surface area contributed by atoms with Crippen LogP contribution in [0.15, 0.2) is 72.8 Å². The Bertz CT molecular complexity index is 982. The summed E-state index contributed by atoms with van der Waals surface area (Å²) in [6, 6.07) is 22.9. The molecule has 0 radical (unpaired) electrons. The second-order valence-corrected chi connectivity index (χ2v) is 7.02. The SMILES string of the molecule is O=C(O)Nc1ccc(N2CCN(c3ccc(O)cc3)CC2)cc1-c1ccccc1. The molecule has 6 heteroatoms. The van der Waals surface area contributed by atoms with Crippen molar-refractivity contribution in [2.45, 2.75) is 0 Å². The molecule has 1 heterocycles. The van der Waals surface area contributed by atoms with Gasteiger partial charge in [-0.25, -0.2) is 4.79 Å². The minimum absolute atomic E-state index is 0.274. The first-order chi connectivity index (χ1) is 14.1. The van der Waals surface area contributed by atoms with Crippen LogP contribution in [0.25, 0.3) is 11.1 Å². The third kappa shape index (κ3) is 4.27. The molecule has 3 aromatic rings. The van der Waals surface area contributed by atoms with Crippen molar-refractivity contribution in [3.05, 3.63) is 72.8 Å². The molecule has 4 rings (SSSR count). The molecule has 1 saturated heterocycles. The Morgan fingerprint density at radius 1 is 0.793 bits per heavy atom. The molecule has 0 aliphatic carbocycles. The van der Waals surface area contributed by atoms with Gasteiger partial charge in [0, 0.05) is 43.1 Å². The largest absolute Gasteiger partial charge is 0.508 e. The summed E-state index contributed by atoms with van der Waals surface area (Å²) >= 11 is 0. The zero-order valence-electron chi connectivity index (χ0n) is 16.0. The number of carbonyl (C=O) groups is 1. The zero-order valence-corrected chi connectivity index (χ0v) is 16.0. The Hall–Kier alpha value is -3.67. The predicted octanol–water partition coefficient (Wildman–Crippen LogP) is 4.48. The lowest BCUT2D eigenvalue weighted by Crippen LogP contribution is -2.46. The molecule has 1 fully saturated rings. The van der Waals surface area contributed by atoms with Crippen molar-refractivity contribution >= 4 is 23.2 Å². The van der Waals surface area contributed by atoms with Crippen molar-refractivity contribution in [1.29, 1.82) is 0 Å². The average Bonchev–Trinajstić information content (AvgIpc) is 2.75. The Morgan fingerprint density at radius 2 is 1.38 bits per heavy atom. The van der Waals surface area contributed by atoms with Crippen LogP contribution in [0.1, 0.15) is 0 Å². The molecule has 0 bridgehead atoms. The minimum Gasteiger partial charge on any atom is -0.508 e. The van der Waals surface area contributed by atoms with Crippen LogP contribution in [-0.4, -0.2) is 42.5 Å². The lowest BCUT2D eigenvalue weighted by atomic mass is 10.0. The molecule has 3 aromatic carbocycles. The summed E-state index contributed by atoms with van der Waals surface area (Å²) in [4.78, 5) is 15.8. The van der Waals surface area contributed by atoms with Crippen LogP contribution < -0.4 is 15.1 Å². The van der Waals surface area contributed by atoms with Crippen molar-refractivity contribution in [2.24, 2.45) is 0 Å². The zero-order chi connectivity index (χ0) is 20.2. The van der Waals surface area contributed by atoms with Gasteiger partial charge in [-0.05, 0) is 48.0 Å². The third-order valence-corrected chi connectivity index (χ3v) is 5.19. The summed E-state index contributed by atoms with van der Waals surface area (Å²) in [6.45, 7) is 3.47. The molecular formula is C23H23N3O3. The first-order valence-electron chi connectivity index (χ1n) is 9.58. The van der Waals surface area contributed by atoms with Crippen LogP contribution in [0.3, 0.4) is 0 Å². The monoisotopic (exact) mass is 389 g/mol. The highest BCUT2D eigenvalue weighted by atomic mass is 16.4. The summed E-state index contributed by atoms with van der Waals surface area (Å²) in [7, 11) is 0. The maximum Gasteiger partial charge on any atom is 0.409 e. The first-order valence-corrected chi connectivity index (χ1v) is 9.58. The van der Waals surface area contributed by atoms with Crippen LogP contribution in [0.5, 0.6) is 5.75 Å². The molecule has 1 aliphatic heterocycles. The van der Waals surface area contributed by atoms with Crippen molar-refractivity contribution in [3.63, 3.8) is 0 Å². The van der Waals surface area contributed by atoms with Gasteiger partial charge in [0.05, 0.1) is 5.69 Å². The Labute approximate surface area is 169 Å². The number of nitrogens with one attached hydrogen (secondary N) is 1. The summed E-state index contributed by atoms with van der Waals surface area (Å²) in [5.74, 6) is 0.274. The molecule has 0 unspecified atom stereocenters. The second kappa shape index (κ2) is 8.14. The fourth-order valence-electron chi connectivity index (χ4n) is 3.70. The van der Waals surface area contributed by atoms with Gasteiger partial charge in [-0.1, -0.05) is 30.3 Å². The standard InChI is InChI=1S/C23H23N3O3/c27-20-9-6-18(7-10-20)25-12-14-26(15-13-25)19-8-11-22(24-23(28)29)21(16-19)17-4-2-1-3-5-17/h1-11,16,24,27H,12-15H2,(H,28,29). The highest BCUT2D eigenvalue weighted by Gasteiger charge is 2.19. The number of rotatable bonds is 4. The average molecular weight is 389 g/mol. The van der Waals surface area contributed by atoms with E-state index in [4.69, 9.17) is 5.11 Å². The molecule has 0 spiro atoms. The van der Waals surface area contributed by atoms with Gasteiger partial charge in [-0.3, -0.25) is 5.32 Å². The number of phenolic OH excluding ortho intramolecular Hbond substituents is 1. The van der Waals surface area contributed by atoms with E-state index in [1.54, 1.807) is 12.1 Å². The molecule has 1 aliphatic rings. The number of amides is 1. The van der Waals surface area contributed by atoms with Crippen molar-refractivity contribution in [3.8, 4) is 16.9 Å². The first kappa shape index (κ1) is 18.7. The van der Waals surface area contributed by atoms with Gasteiger partial charge in [0.25, 0.3) is 0 Å². The number of benzene rings is 3. The van der Waals surface area contributed by atoms with Gasteiger partial charge < -0.3 is 20.0 Å². The lowest BCUT2D eigenvalue weighted by molar-refractivity contribution is 0.210. The highest BCUT2D eigenvalue weighted by Crippen LogP contribution is 2.33. The molecule has 0 atom stereocenters. The number of phenols is 1. The summed E-state index contributed by atoms with van der Waals surface area (Å²) in [5, 5.41) is 21.1. The van der Waals surface area contributed by atoms with E-state index in [0.29, 0.717) is 5.69 Å². The predicted molar refractivity (Wildman–Crippen MR) is 116 cm³/mol. The highest BCUT2D eigenvalue weighted by molar-refractivity contribution is 5.91. The maximum absolute atomic E-state index is 11.2. The Kier molecular flexibility index (Phi) is 5.24. The fraction of sp³-hybridized carbons (Fsp3) is 0.174. The molecular weight excluding hydrogens is 366 g/mol. The number of nitrogens with zero attached hydrogens (tertiary/aromatic N) is 2. The maximum atomic E-state index is 11.2. The van der Waals surface area contributed by atoms with E-state index >= 15 is 0 Å². The van der Waals surface area contributed by atoms with E-state index < -0.39 is 6.09 Å². The van der Waals surface area contributed by atoms with Crippen LogP contribution >= 0.6 is 0 Å². The van der Waals surface area contributed by atoms with Crippen molar-refractivity contribution in [2.75, 3.05) is 41.3 Å². The van der Waals surface area contributed by atoms with Gasteiger partial charge in [-0.15, -0.1) is 0 Å². The number of piperazine rings is 1. The minimum atomic E-state index is -1.07. The van der Waals surface area contributed by atoms with Crippen LogP contribution in [0, 0.1) is 0 Å². The van der Waals surface area contributed by atoms with Gasteiger partial charge in [0.1, 0.15) is 5.75 Å². The van der Waals surface area contributed by atoms with Crippen LogP contribution in [-0.2, 0) is 0 Å². The van der Waals surface area contributed by atoms with Crippen LogP contribution in [0.4, 0.5) is 21.9 Å². The second-order valence-electron chi connectivity index (χ2n) is 7.02. The smallest absolute Gasteiger partial charge is 0.409 e. The van der Waals surface area contributed by atoms with E-state index in [0.717, 1.165) is 48.7 Å². The lowest BCUT2D eigenvalue weighted by Gasteiger charge is -2.37. The summed E-state index contributed by atoms with van der Waals surface area (Å²) < 4.78 is 0. The van der Waals surface area contributed by atoms with E-state index in [9.17, 15) is 9.90 Å². The van der Waals surface area contributed by atoms with E-state index in [1.165, 1.54) is 0 Å². The number of hydrogen-bond acceptors (Lipinski definition) is 4. The fourth-order valence-corrected chi connectivity index (χ4v) is 3.70. The number of aromatic hydroxyl groups is 1. The molecule has 1 amide bonds. The van der Waals surface area contributed by atoms with Gasteiger partial charge in [0.2, 0.25) is 0 Å². The van der Waals surface area contributed by atoms with E-state index in [1.807, 2.05) is 54.6 Å². The normalized spacial score (nSPS) is 13.9. The number of anilines is 3. The molecule has 0 aromatic heterocycles. The molecule has 148 valence electrons. The molecule has 0 saturated carbocycles. The van der Waals surface area contributed by atoms with Gasteiger partial charge in [0.15, 0.2) is 0 Å². The van der Waals surface area contributed by atoms with Crippen molar-refractivity contribution < 1.29 is 15.0 Å². The summed E-state index contributed by atoms with van der Waals surface area (Å²) in [5.41, 5.74) is 4.60.